The molecule has 0 spiro atoms. The first-order valence-corrected chi connectivity index (χ1v) is 7.93. The molecule has 4 heteroatoms. The highest BCUT2D eigenvalue weighted by atomic mass is 32.2. The molecular formula is C13H28N2OS. The van der Waals surface area contributed by atoms with Crippen LogP contribution >= 0.6 is 11.8 Å². The van der Waals surface area contributed by atoms with Crippen molar-refractivity contribution in [3.8, 4) is 0 Å². The van der Waals surface area contributed by atoms with Crippen molar-refractivity contribution < 1.29 is 4.74 Å². The number of hydrogen-bond donors (Lipinski definition) is 1. The summed E-state index contributed by atoms with van der Waals surface area (Å²) in [4.78, 5) is 2.48. The molecule has 2 atom stereocenters. The van der Waals surface area contributed by atoms with Crippen LogP contribution in [0.5, 0.6) is 0 Å². The maximum absolute atomic E-state index is 5.80. The van der Waals surface area contributed by atoms with Crippen molar-refractivity contribution in [1.29, 1.82) is 0 Å². The first-order valence-electron chi connectivity index (χ1n) is 6.78. The molecule has 0 bridgehead atoms. The number of nitrogens with zero attached hydrogens (tertiary/aromatic N) is 1. The van der Waals surface area contributed by atoms with Crippen LogP contribution in [-0.4, -0.2) is 61.3 Å². The topological polar surface area (TPSA) is 24.5 Å². The van der Waals surface area contributed by atoms with Crippen molar-refractivity contribution in [2.24, 2.45) is 0 Å². The summed E-state index contributed by atoms with van der Waals surface area (Å²) in [6, 6.07) is 1.08. The summed E-state index contributed by atoms with van der Waals surface area (Å²) in [5, 5.41) is 3.64. The highest BCUT2D eigenvalue weighted by molar-refractivity contribution is 7.99. The summed E-state index contributed by atoms with van der Waals surface area (Å²) in [5.74, 6) is 2.48. The van der Waals surface area contributed by atoms with E-state index in [-0.39, 0.29) is 0 Å². The smallest absolute Gasteiger partial charge is 0.0638 e. The quantitative estimate of drug-likeness (QED) is 0.755. The maximum atomic E-state index is 5.80. The molecule has 1 rings (SSSR count). The Morgan fingerprint density at radius 1 is 1.47 bits per heavy atom. The fraction of sp³-hybridized carbons (Fsp3) is 1.00. The molecule has 3 nitrogen and oxygen atoms in total. The van der Waals surface area contributed by atoms with Crippen LogP contribution in [0.1, 0.15) is 27.2 Å². The molecule has 0 saturated carbocycles. The van der Waals surface area contributed by atoms with Crippen LogP contribution < -0.4 is 5.32 Å². The van der Waals surface area contributed by atoms with Crippen molar-refractivity contribution in [1.82, 2.24) is 10.2 Å². The van der Waals surface area contributed by atoms with Crippen molar-refractivity contribution in [3.05, 3.63) is 0 Å². The van der Waals surface area contributed by atoms with Gasteiger partial charge >= 0.3 is 0 Å². The molecule has 0 aromatic rings. The molecule has 17 heavy (non-hydrogen) atoms. The lowest BCUT2D eigenvalue weighted by Crippen LogP contribution is -2.55. The Morgan fingerprint density at radius 2 is 2.24 bits per heavy atom. The minimum atomic E-state index is 0.322. The first kappa shape index (κ1) is 15.3. The van der Waals surface area contributed by atoms with E-state index >= 15 is 0 Å². The molecule has 1 saturated heterocycles. The fourth-order valence-corrected chi connectivity index (χ4v) is 3.37. The molecule has 1 fully saturated rings. The molecular weight excluding hydrogens is 232 g/mol. The lowest BCUT2D eigenvalue weighted by Gasteiger charge is -2.38. The van der Waals surface area contributed by atoms with E-state index in [9.17, 15) is 0 Å². The van der Waals surface area contributed by atoms with E-state index in [4.69, 9.17) is 4.74 Å². The summed E-state index contributed by atoms with van der Waals surface area (Å²) in [6.45, 7) is 9.54. The minimum Gasteiger partial charge on any atom is -0.377 e. The molecule has 0 aromatic carbocycles. The van der Waals surface area contributed by atoms with E-state index in [0.717, 1.165) is 13.2 Å². The number of likely N-dealkylation sites (N-methyl/N-ethyl adjacent to an activating group) is 1. The Morgan fingerprint density at radius 3 is 2.82 bits per heavy atom. The van der Waals surface area contributed by atoms with Crippen LogP contribution in [0.4, 0.5) is 0 Å². The normalized spacial score (nSPS) is 24.2. The Kier molecular flexibility index (Phi) is 7.51. The number of thioether (sulfide) groups is 1. The highest BCUT2D eigenvalue weighted by Crippen LogP contribution is 2.18. The van der Waals surface area contributed by atoms with Crippen molar-refractivity contribution in [3.63, 3.8) is 0 Å². The largest absolute Gasteiger partial charge is 0.377 e. The second kappa shape index (κ2) is 8.35. The molecule has 0 aromatic heterocycles. The van der Waals surface area contributed by atoms with Crippen molar-refractivity contribution in [2.75, 3.05) is 38.2 Å². The number of rotatable bonds is 7. The minimum absolute atomic E-state index is 0.322. The standard InChI is InChI=1S/C13H28N2OS/c1-5-6-14-12(9-16-11(2)3)13-10-17-8-7-15(13)4/h11-14H,5-10H2,1-4H3. The summed E-state index contributed by atoms with van der Waals surface area (Å²) in [7, 11) is 2.24. The first-order chi connectivity index (χ1) is 8.15. The van der Waals surface area contributed by atoms with Gasteiger partial charge in [0.25, 0.3) is 0 Å². The van der Waals surface area contributed by atoms with Crippen LogP contribution in [0.3, 0.4) is 0 Å². The van der Waals surface area contributed by atoms with Gasteiger partial charge < -0.3 is 15.0 Å². The van der Waals surface area contributed by atoms with E-state index in [1.54, 1.807) is 0 Å². The monoisotopic (exact) mass is 260 g/mol. The van der Waals surface area contributed by atoms with Gasteiger partial charge in [0.15, 0.2) is 0 Å². The van der Waals surface area contributed by atoms with Gasteiger partial charge in [-0.25, -0.2) is 0 Å². The third-order valence-electron chi connectivity index (χ3n) is 3.17. The lowest BCUT2D eigenvalue weighted by atomic mass is 10.1. The molecule has 2 unspecified atom stereocenters. The van der Waals surface area contributed by atoms with E-state index in [0.29, 0.717) is 18.2 Å². The average Bonchev–Trinajstić information content (AvgIpc) is 2.30. The molecule has 0 amide bonds. The van der Waals surface area contributed by atoms with Crippen LogP contribution in [-0.2, 0) is 4.74 Å². The Bertz CT molecular complexity index is 202. The van der Waals surface area contributed by atoms with Crippen LogP contribution in [0.2, 0.25) is 0 Å². The highest BCUT2D eigenvalue weighted by Gasteiger charge is 2.27. The molecule has 0 radical (unpaired) electrons. The second-order valence-electron chi connectivity index (χ2n) is 5.07. The Hall–Kier alpha value is 0.230. The van der Waals surface area contributed by atoms with Crippen LogP contribution in [0.15, 0.2) is 0 Å². The number of hydrogen-bond acceptors (Lipinski definition) is 4. The van der Waals surface area contributed by atoms with Gasteiger partial charge in [0, 0.05) is 30.1 Å². The molecule has 1 heterocycles. The summed E-state index contributed by atoms with van der Waals surface area (Å²) >= 11 is 2.07. The zero-order chi connectivity index (χ0) is 12.7. The van der Waals surface area contributed by atoms with Gasteiger partial charge in [-0.3, -0.25) is 0 Å². The third kappa shape index (κ3) is 5.60. The van der Waals surface area contributed by atoms with E-state index < -0.39 is 0 Å². The van der Waals surface area contributed by atoms with E-state index in [2.05, 4.69) is 49.8 Å². The molecule has 1 N–H and O–H groups in total. The SMILES string of the molecule is CCCNC(COC(C)C)C1CSCCN1C. The van der Waals surface area contributed by atoms with Crippen molar-refractivity contribution >= 4 is 11.8 Å². The van der Waals surface area contributed by atoms with Crippen LogP contribution in [0.25, 0.3) is 0 Å². The predicted octanol–water partition coefficient (Wildman–Crippen LogP) is 1.83. The number of ether oxygens (including phenoxy) is 1. The Labute approximate surface area is 111 Å². The third-order valence-corrected chi connectivity index (χ3v) is 4.22. The Balaban J connectivity index is 2.47. The summed E-state index contributed by atoms with van der Waals surface area (Å²) in [5.41, 5.74) is 0. The maximum Gasteiger partial charge on any atom is 0.0638 e. The van der Waals surface area contributed by atoms with Crippen molar-refractivity contribution in [2.45, 2.75) is 45.4 Å². The van der Waals surface area contributed by atoms with E-state index in [1.807, 2.05) is 0 Å². The summed E-state index contributed by atoms with van der Waals surface area (Å²) in [6.07, 6.45) is 1.50. The van der Waals surface area contributed by atoms with E-state index in [1.165, 1.54) is 24.5 Å². The second-order valence-corrected chi connectivity index (χ2v) is 6.22. The van der Waals surface area contributed by atoms with Gasteiger partial charge in [-0.1, -0.05) is 6.92 Å². The number of nitrogens with one attached hydrogen (secondary N) is 1. The zero-order valence-electron chi connectivity index (χ0n) is 11.7. The van der Waals surface area contributed by atoms with Gasteiger partial charge in [-0.15, -0.1) is 0 Å². The molecule has 102 valence electrons. The lowest BCUT2D eigenvalue weighted by molar-refractivity contribution is 0.0416. The fourth-order valence-electron chi connectivity index (χ4n) is 2.06. The van der Waals surface area contributed by atoms with Gasteiger partial charge in [0.1, 0.15) is 0 Å². The average molecular weight is 260 g/mol. The van der Waals surface area contributed by atoms with Gasteiger partial charge in [-0.05, 0) is 33.9 Å². The van der Waals surface area contributed by atoms with Gasteiger partial charge in [0.2, 0.25) is 0 Å². The summed E-state index contributed by atoms with van der Waals surface area (Å²) < 4.78 is 5.80. The molecule has 0 aliphatic carbocycles. The zero-order valence-corrected chi connectivity index (χ0v) is 12.6. The van der Waals surface area contributed by atoms with Crippen LogP contribution in [0, 0.1) is 0 Å². The molecule has 1 aliphatic heterocycles. The van der Waals surface area contributed by atoms with Gasteiger partial charge in [0.05, 0.1) is 12.7 Å². The van der Waals surface area contributed by atoms with Gasteiger partial charge in [-0.2, -0.15) is 11.8 Å². The molecule has 1 aliphatic rings. The predicted molar refractivity (Wildman–Crippen MR) is 76.9 cm³/mol.